The highest BCUT2D eigenvalue weighted by atomic mass is 32.2. The molecule has 0 radical (unpaired) electrons. The van der Waals surface area contributed by atoms with Gasteiger partial charge in [-0.2, -0.15) is 23.5 Å². The van der Waals surface area contributed by atoms with Gasteiger partial charge in [0.2, 0.25) is 11.8 Å². The average molecular weight is 1520 g/mol. The van der Waals surface area contributed by atoms with Crippen molar-refractivity contribution < 1.29 is 89.7 Å². The first-order valence-electron chi connectivity index (χ1n) is 39.0. The van der Waals surface area contributed by atoms with Gasteiger partial charge in [-0.05, 0) is 25.7 Å². The largest absolute Gasteiger partial charge is 0.446 e. The van der Waals surface area contributed by atoms with Crippen molar-refractivity contribution in [2.45, 2.75) is 257 Å². The highest BCUT2D eigenvalue weighted by molar-refractivity contribution is 7.99. The molecule has 102 heavy (non-hydrogen) atoms. The molecule has 6 amide bonds. The van der Waals surface area contributed by atoms with Crippen molar-refractivity contribution in [2.24, 2.45) is 11.5 Å². The third-order valence-corrected chi connectivity index (χ3v) is 19.2. The minimum atomic E-state index is -2.73. The Morgan fingerprint density at radius 2 is 0.549 bits per heavy atom. The first kappa shape index (κ1) is 98.6. The van der Waals surface area contributed by atoms with E-state index in [1.54, 1.807) is 0 Å². The highest BCUT2D eigenvalue weighted by Gasteiger charge is 2.22. The van der Waals surface area contributed by atoms with Crippen LogP contribution < -0.4 is 43.4 Å². The molecule has 0 fully saturated rings. The number of hydrogen-bond acceptors (Lipinski definition) is 23. The Morgan fingerprint density at radius 3 is 0.833 bits per heavy atom. The molecule has 0 unspecified atom stereocenters. The number of unbranched alkanes of at least 4 members (excludes halogenated alkanes) is 28. The molecule has 0 aliphatic carbocycles. The Kier molecular flexibility index (Phi) is 76.0. The highest BCUT2D eigenvalue weighted by Crippen LogP contribution is 2.23. The lowest BCUT2D eigenvalue weighted by Gasteiger charge is -2.19. The molecule has 30 heteroatoms. The summed E-state index contributed by atoms with van der Waals surface area (Å²) >= 11 is 2.66. The second kappa shape index (κ2) is 78.6. The molecule has 0 aromatic carbocycles. The molecule has 0 rings (SSSR count). The molecule has 0 heterocycles. The third kappa shape index (κ3) is 72.1. The quantitative estimate of drug-likeness (QED) is 0.0159. The number of carbonyl (C=O) groups is 6. The summed E-state index contributed by atoms with van der Waals surface area (Å²) < 4.78 is 77.7. The summed E-state index contributed by atoms with van der Waals surface area (Å²) in [6.07, 6.45) is 33.2. The molecule has 602 valence electrons. The smallest absolute Gasteiger partial charge is 0.407 e. The van der Waals surface area contributed by atoms with Gasteiger partial charge in [0.1, 0.15) is 25.4 Å². The van der Waals surface area contributed by atoms with Crippen LogP contribution in [0.2, 0.25) is 0 Å². The molecule has 0 aliphatic heterocycles. The van der Waals surface area contributed by atoms with Gasteiger partial charge in [-0.15, -0.1) is 0 Å². The van der Waals surface area contributed by atoms with Crippen LogP contribution in [0, 0.1) is 0 Å². The number of ether oxygens (including phenoxy) is 10. The summed E-state index contributed by atoms with van der Waals surface area (Å²) in [5, 5.41) is 16.7. The summed E-state index contributed by atoms with van der Waals surface area (Å²) in [5.74, 6) is 0.353. The summed E-state index contributed by atoms with van der Waals surface area (Å²) in [6, 6.07) is -1.65. The zero-order chi connectivity index (χ0) is 74.5. The lowest BCUT2D eigenvalue weighted by atomic mass is 10.1. The predicted octanol–water partition coefficient (Wildman–Crippen LogP) is 12.1. The summed E-state index contributed by atoms with van der Waals surface area (Å²) in [6.45, 7) is 14.5. The molecule has 0 saturated carbocycles. The lowest BCUT2D eigenvalue weighted by Crippen LogP contribution is -2.43. The minimum absolute atomic E-state index is 0.0754. The molecular weight excluding hydrogens is 1380 g/mol. The zero-order valence-electron chi connectivity index (χ0n) is 63.5. The Balaban J connectivity index is 4.15. The summed E-state index contributed by atoms with van der Waals surface area (Å²) in [7, 11) is -2.73. The van der Waals surface area contributed by atoms with E-state index < -0.39 is 56.9 Å². The normalized spacial score (nSPS) is 12.5. The standard InChI is InChI=1S/C72H143N8O19PS2/c1-5-9-13-17-21-25-29-33-37-77-69(83)94-57-63(98-71(85)79-39-35-31-27-23-19-15-11-7-3)59-101-61-65(73)67(81)75-41-43-88-45-47-90-49-51-92-53-55-96-100(87)97-56-54-93-52-50-91-48-46-89-44-42-76-68(82)66(74)62-102-60-64(99-72(86)80-40-36-32-28-24-20-16-12-8-4)58-95-70(84)78-38-34-30-26-22-18-14-10-6-2/h63-66,100H,5-62,73-74H2,1-4H3,(H,75,81)(H,76,82)(H,77,83)(H,78,84)(H,79,85)(H,80,86)/t63-,64-,65+,66+/m1/s1. The van der Waals surface area contributed by atoms with Gasteiger partial charge in [0.15, 0.2) is 0 Å². The number of nitrogens with two attached hydrogens (primary N) is 2. The second-order valence-electron chi connectivity index (χ2n) is 25.3. The number of hydrogen-bond donors (Lipinski definition) is 8. The maximum Gasteiger partial charge on any atom is 0.407 e. The van der Waals surface area contributed by atoms with E-state index in [-0.39, 0.29) is 101 Å². The molecule has 0 aromatic heterocycles. The van der Waals surface area contributed by atoms with E-state index in [9.17, 15) is 33.3 Å². The van der Waals surface area contributed by atoms with Gasteiger partial charge in [0.25, 0.3) is 0 Å². The van der Waals surface area contributed by atoms with Gasteiger partial charge in [0, 0.05) is 62.3 Å². The number of rotatable bonds is 78. The third-order valence-electron chi connectivity index (χ3n) is 15.9. The summed E-state index contributed by atoms with van der Waals surface area (Å²) in [5.41, 5.74) is 12.3. The molecule has 0 bridgehead atoms. The number of amides is 6. The van der Waals surface area contributed by atoms with Crippen LogP contribution in [0.1, 0.15) is 233 Å². The Hall–Kier alpha value is -3.45. The molecule has 4 atom stereocenters. The van der Waals surface area contributed by atoms with Crippen molar-refractivity contribution in [1.29, 1.82) is 0 Å². The molecule has 0 aromatic rings. The molecular formula is C72H143N8O19PS2. The maximum absolute atomic E-state index is 12.7. The zero-order valence-corrected chi connectivity index (χ0v) is 66.2. The van der Waals surface area contributed by atoms with E-state index in [4.69, 9.17) is 67.9 Å². The number of carbonyl (C=O) groups excluding carboxylic acids is 6. The van der Waals surface area contributed by atoms with Crippen LogP contribution in [0.5, 0.6) is 0 Å². The maximum atomic E-state index is 12.7. The monoisotopic (exact) mass is 1520 g/mol. The fourth-order valence-electron chi connectivity index (χ4n) is 9.91. The number of alkyl carbamates (subject to hydrolysis) is 4. The van der Waals surface area contributed by atoms with Gasteiger partial charge in [0.05, 0.1) is 105 Å². The Morgan fingerprint density at radius 1 is 0.304 bits per heavy atom. The van der Waals surface area contributed by atoms with Crippen molar-refractivity contribution in [3.8, 4) is 0 Å². The van der Waals surface area contributed by atoms with Crippen LogP contribution in [0.4, 0.5) is 19.2 Å². The van der Waals surface area contributed by atoms with E-state index in [1.807, 2.05) is 0 Å². The Labute approximate surface area is 623 Å². The SMILES string of the molecule is CCCCCCCCCCNC(=O)OC[C@H](CSC[C@H](N)C(=O)NCCOCCOCCOCCO[PH](=O)OCCOCCOCCOCCNC(=O)[C@@H](N)CSC[C@@H](COC(=O)NCCCCCCCCCC)OC(=O)NCCCCCCCCCC)OC(=O)NCCCCCCCCCC. The fraction of sp³-hybridized carbons (Fsp3) is 0.917. The summed E-state index contributed by atoms with van der Waals surface area (Å²) in [4.78, 5) is 75.7. The van der Waals surface area contributed by atoms with E-state index >= 15 is 0 Å². The van der Waals surface area contributed by atoms with Crippen LogP contribution >= 0.6 is 31.8 Å². The first-order chi connectivity index (χ1) is 49.9. The Bertz CT molecular complexity index is 1830. The average Bonchev–Trinajstić information content (AvgIpc) is 1.02. The van der Waals surface area contributed by atoms with Gasteiger partial charge >= 0.3 is 32.6 Å². The van der Waals surface area contributed by atoms with Gasteiger partial charge in [-0.1, -0.05) is 207 Å². The van der Waals surface area contributed by atoms with Crippen molar-refractivity contribution in [2.75, 3.05) is 168 Å². The van der Waals surface area contributed by atoms with Crippen molar-refractivity contribution in [3.63, 3.8) is 0 Å². The molecule has 0 saturated heterocycles. The molecule has 10 N–H and O–H groups in total. The van der Waals surface area contributed by atoms with Crippen LogP contribution in [0.25, 0.3) is 0 Å². The molecule has 0 aliphatic rings. The van der Waals surface area contributed by atoms with E-state index in [0.717, 1.165) is 77.0 Å². The first-order valence-corrected chi connectivity index (χ1v) is 42.6. The van der Waals surface area contributed by atoms with Crippen LogP contribution in [0.3, 0.4) is 0 Å². The van der Waals surface area contributed by atoms with Crippen LogP contribution in [-0.4, -0.2) is 228 Å². The topological polar surface area (TPSA) is 354 Å². The van der Waals surface area contributed by atoms with Gasteiger partial charge in [-0.3, -0.25) is 14.2 Å². The van der Waals surface area contributed by atoms with Crippen LogP contribution in [-0.2, 0) is 70.6 Å². The molecule has 27 nitrogen and oxygen atoms in total. The fourth-order valence-corrected chi connectivity index (χ4v) is 12.4. The predicted molar refractivity (Wildman–Crippen MR) is 408 cm³/mol. The van der Waals surface area contributed by atoms with E-state index in [2.05, 4.69) is 59.6 Å². The second-order valence-corrected chi connectivity index (χ2v) is 28.6. The van der Waals surface area contributed by atoms with E-state index in [0.29, 0.717) is 79.0 Å². The van der Waals surface area contributed by atoms with Gasteiger partial charge < -0.3 is 99.8 Å². The number of thioether (sulfide) groups is 2. The van der Waals surface area contributed by atoms with Gasteiger partial charge in [-0.25, -0.2) is 19.2 Å². The number of nitrogens with one attached hydrogen (secondary N) is 6. The lowest BCUT2D eigenvalue weighted by molar-refractivity contribution is -0.122. The van der Waals surface area contributed by atoms with Crippen molar-refractivity contribution in [3.05, 3.63) is 0 Å². The minimum Gasteiger partial charge on any atom is -0.446 e. The van der Waals surface area contributed by atoms with Crippen molar-refractivity contribution >= 4 is 68.0 Å². The van der Waals surface area contributed by atoms with Crippen LogP contribution in [0.15, 0.2) is 0 Å². The molecule has 0 spiro atoms. The van der Waals surface area contributed by atoms with E-state index in [1.165, 1.54) is 152 Å². The van der Waals surface area contributed by atoms with Crippen molar-refractivity contribution in [1.82, 2.24) is 31.9 Å².